The molecule has 0 bridgehead atoms. The molecule has 1 saturated carbocycles. The lowest BCUT2D eigenvalue weighted by Crippen LogP contribution is -2.48. The Labute approximate surface area is 208 Å². The van der Waals surface area contributed by atoms with Gasteiger partial charge in [0.15, 0.2) is 0 Å². The van der Waals surface area contributed by atoms with Crippen LogP contribution < -0.4 is 0 Å². The summed E-state index contributed by atoms with van der Waals surface area (Å²) >= 11 is 6.16. The van der Waals surface area contributed by atoms with Gasteiger partial charge in [-0.2, -0.15) is 0 Å². The van der Waals surface area contributed by atoms with Crippen molar-refractivity contribution in [3.63, 3.8) is 0 Å². The van der Waals surface area contributed by atoms with E-state index in [4.69, 9.17) is 16.4 Å². The van der Waals surface area contributed by atoms with Crippen LogP contribution >= 0.6 is 11.6 Å². The predicted molar refractivity (Wildman–Crippen MR) is 138 cm³/mol. The summed E-state index contributed by atoms with van der Waals surface area (Å²) < 4.78 is 0. The Hall–Kier alpha value is -2.36. The molecule has 0 aromatic heterocycles. The number of carbonyl (C=O) groups excluding carboxylic acids is 1. The molecule has 1 heterocycles. The maximum absolute atomic E-state index is 12.4. The van der Waals surface area contributed by atoms with Crippen LogP contribution in [0.5, 0.6) is 0 Å². The Kier molecular flexibility index (Phi) is 7.95. The molecule has 2 aromatic rings. The molecule has 2 unspecified atom stereocenters. The van der Waals surface area contributed by atoms with Gasteiger partial charge in [-0.05, 0) is 71.9 Å². The van der Waals surface area contributed by atoms with E-state index in [1.165, 1.54) is 17.6 Å². The Bertz CT molecular complexity index is 1020. The van der Waals surface area contributed by atoms with Gasteiger partial charge in [-0.3, -0.25) is 4.90 Å². The summed E-state index contributed by atoms with van der Waals surface area (Å²) in [6.45, 7) is 12.8. The molecule has 2 aromatic carbocycles. The first-order valence-electron chi connectivity index (χ1n) is 12.2. The molecule has 2 atom stereocenters. The van der Waals surface area contributed by atoms with Crippen LogP contribution in [0.3, 0.4) is 0 Å². The fraction of sp³-hybridized carbons (Fsp3) is 0.448. The maximum atomic E-state index is 12.4. The van der Waals surface area contributed by atoms with Crippen LogP contribution in [0.4, 0.5) is 0 Å². The maximum Gasteiger partial charge on any atom is 0.357 e. The summed E-state index contributed by atoms with van der Waals surface area (Å²) in [5.74, 6) is 0.579. The van der Waals surface area contributed by atoms with Crippen LogP contribution in [-0.2, 0) is 4.84 Å². The van der Waals surface area contributed by atoms with E-state index >= 15 is 0 Å². The molecule has 4 nitrogen and oxygen atoms in total. The summed E-state index contributed by atoms with van der Waals surface area (Å²) in [5, 5.41) is 2.56. The topological polar surface area (TPSA) is 32.8 Å². The molecule has 0 amide bonds. The van der Waals surface area contributed by atoms with Gasteiger partial charge in [0.1, 0.15) is 0 Å². The van der Waals surface area contributed by atoms with Crippen LogP contribution in [0.1, 0.15) is 54.9 Å². The smallest absolute Gasteiger partial charge is 0.357 e. The van der Waals surface area contributed by atoms with E-state index < -0.39 is 0 Å². The van der Waals surface area contributed by atoms with Gasteiger partial charge in [0.2, 0.25) is 0 Å². The lowest BCUT2D eigenvalue weighted by atomic mass is 9.63. The lowest BCUT2D eigenvalue weighted by molar-refractivity contribution is -0.129. The van der Waals surface area contributed by atoms with Gasteiger partial charge in [0.25, 0.3) is 0 Å². The van der Waals surface area contributed by atoms with Gasteiger partial charge in [-0.1, -0.05) is 62.4 Å². The summed E-state index contributed by atoms with van der Waals surface area (Å²) in [4.78, 5) is 20.4. The first-order valence-corrected chi connectivity index (χ1v) is 12.6. The minimum absolute atomic E-state index is 0.295. The average Bonchev–Trinajstić information content (AvgIpc) is 2.84. The highest BCUT2D eigenvalue weighted by Crippen LogP contribution is 2.49. The molecule has 1 saturated heterocycles. The molecule has 180 valence electrons. The van der Waals surface area contributed by atoms with E-state index in [2.05, 4.69) is 43.2 Å². The zero-order valence-corrected chi connectivity index (χ0v) is 21.1. The normalized spacial score (nSPS) is 23.1. The van der Waals surface area contributed by atoms with Crippen molar-refractivity contribution in [3.05, 3.63) is 88.6 Å². The predicted octanol–water partition coefficient (Wildman–Crippen LogP) is 6.35. The second kappa shape index (κ2) is 10.9. The molecule has 4 rings (SSSR count). The minimum atomic E-state index is -0.295. The van der Waals surface area contributed by atoms with Crippen molar-refractivity contribution < 1.29 is 9.63 Å². The van der Waals surface area contributed by atoms with Crippen LogP contribution in [0, 0.1) is 11.3 Å². The summed E-state index contributed by atoms with van der Waals surface area (Å²) in [5.41, 5.74) is 6.87. The summed E-state index contributed by atoms with van der Waals surface area (Å²) in [6.07, 6.45) is 3.51. The van der Waals surface area contributed by atoms with Gasteiger partial charge in [0, 0.05) is 37.7 Å². The highest BCUT2D eigenvalue weighted by atomic mass is 35.5. The van der Waals surface area contributed by atoms with Crippen LogP contribution in [0.2, 0.25) is 5.02 Å². The molecule has 0 N–H and O–H groups in total. The van der Waals surface area contributed by atoms with E-state index in [1.54, 1.807) is 17.2 Å². The Morgan fingerprint density at radius 1 is 1.09 bits per heavy atom. The van der Waals surface area contributed by atoms with Gasteiger partial charge < -0.3 is 4.84 Å². The van der Waals surface area contributed by atoms with Crippen LogP contribution in [-0.4, -0.2) is 48.7 Å². The highest BCUT2D eigenvalue weighted by molar-refractivity contribution is 6.30. The zero-order valence-electron chi connectivity index (χ0n) is 20.3. The van der Waals surface area contributed by atoms with E-state index in [-0.39, 0.29) is 5.97 Å². The molecule has 2 fully saturated rings. The van der Waals surface area contributed by atoms with Crippen molar-refractivity contribution in [1.82, 2.24) is 9.96 Å². The van der Waals surface area contributed by atoms with Crippen molar-refractivity contribution in [2.75, 3.05) is 32.7 Å². The van der Waals surface area contributed by atoms with Crippen molar-refractivity contribution in [3.8, 4) is 0 Å². The number of nitrogens with zero attached hydrogens (tertiary/aromatic N) is 2. The van der Waals surface area contributed by atoms with Gasteiger partial charge in [-0.25, -0.2) is 4.79 Å². The fourth-order valence-corrected chi connectivity index (χ4v) is 5.46. The van der Waals surface area contributed by atoms with Crippen molar-refractivity contribution in [2.24, 2.45) is 11.3 Å². The lowest BCUT2D eigenvalue weighted by Gasteiger charge is -2.43. The third-order valence-corrected chi connectivity index (χ3v) is 7.56. The van der Waals surface area contributed by atoms with Crippen LogP contribution in [0.25, 0.3) is 0 Å². The van der Waals surface area contributed by atoms with Crippen molar-refractivity contribution >= 4 is 17.6 Å². The van der Waals surface area contributed by atoms with E-state index in [0.29, 0.717) is 35.9 Å². The largest absolute Gasteiger partial charge is 0.364 e. The van der Waals surface area contributed by atoms with Crippen LogP contribution in [0.15, 0.2) is 72.5 Å². The minimum Gasteiger partial charge on any atom is -0.364 e. The van der Waals surface area contributed by atoms with E-state index in [1.807, 2.05) is 30.3 Å². The molecular formula is C29H35ClN2O2. The molecule has 1 aliphatic heterocycles. The first kappa shape index (κ1) is 24.8. The molecule has 34 heavy (non-hydrogen) atoms. The second-order valence-corrected chi connectivity index (χ2v) is 10.8. The number of benzene rings is 2. The molecular weight excluding hydrogens is 444 g/mol. The summed E-state index contributed by atoms with van der Waals surface area (Å²) in [6, 6.07) is 17.5. The number of hydrogen-bond acceptors (Lipinski definition) is 4. The van der Waals surface area contributed by atoms with Crippen molar-refractivity contribution in [1.29, 1.82) is 0 Å². The summed E-state index contributed by atoms with van der Waals surface area (Å²) in [7, 11) is 0. The third-order valence-electron chi connectivity index (χ3n) is 7.31. The number of hydrogen-bond donors (Lipinski definition) is 0. The van der Waals surface area contributed by atoms with Gasteiger partial charge >= 0.3 is 5.97 Å². The number of piperazine rings is 1. The van der Waals surface area contributed by atoms with E-state index in [0.717, 1.165) is 37.5 Å². The SMILES string of the molecule is C=C=C(CN1CCN(OC(=O)c2ccccc2)CC1)C1CC(C)(C)CCC1c1ccc(Cl)cc1. The van der Waals surface area contributed by atoms with E-state index in [9.17, 15) is 4.79 Å². The monoisotopic (exact) mass is 478 g/mol. The number of halogens is 1. The average molecular weight is 479 g/mol. The number of rotatable bonds is 6. The Morgan fingerprint density at radius 3 is 2.41 bits per heavy atom. The second-order valence-electron chi connectivity index (χ2n) is 10.3. The molecule has 0 spiro atoms. The zero-order chi connectivity index (χ0) is 24.1. The fourth-order valence-electron chi connectivity index (χ4n) is 5.33. The van der Waals surface area contributed by atoms with Crippen molar-refractivity contribution in [2.45, 2.75) is 39.0 Å². The Balaban J connectivity index is 1.38. The Morgan fingerprint density at radius 2 is 1.76 bits per heavy atom. The first-order chi connectivity index (χ1) is 16.3. The molecule has 0 radical (unpaired) electrons. The number of hydroxylamine groups is 2. The number of carbonyl (C=O) groups is 1. The molecule has 2 aliphatic rings. The molecule has 5 heteroatoms. The van der Waals surface area contributed by atoms with Gasteiger partial charge in [-0.15, -0.1) is 10.8 Å². The van der Waals surface area contributed by atoms with Gasteiger partial charge in [0.05, 0.1) is 5.56 Å². The standard InChI is InChI=1S/C29H35ClN2O2/c1-4-22(27-20-29(2,3)15-14-26(27)23-10-12-25(30)13-11-23)21-31-16-18-32(19-17-31)34-28(33)24-8-6-5-7-9-24/h5-13,26-27H,1,14-21H2,2-3H3. The highest BCUT2D eigenvalue weighted by Gasteiger charge is 2.38. The molecule has 1 aliphatic carbocycles. The third kappa shape index (κ3) is 6.20. The quantitative estimate of drug-likeness (QED) is 0.453.